The van der Waals surface area contributed by atoms with Crippen molar-refractivity contribution in [1.29, 1.82) is 0 Å². The van der Waals surface area contributed by atoms with E-state index >= 15 is 0 Å². The van der Waals surface area contributed by atoms with Gasteiger partial charge in [-0.1, -0.05) is 34.1 Å². The van der Waals surface area contributed by atoms with Gasteiger partial charge in [0.05, 0.1) is 11.0 Å². The van der Waals surface area contributed by atoms with Crippen LogP contribution >= 0.6 is 15.9 Å². The quantitative estimate of drug-likeness (QED) is 0.763. The van der Waals surface area contributed by atoms with Crippen molar-refractivity contribution in [3.05, 3.63) is 63.5 Å². The molecule has 0 aliphatic carbocycles. The van der Waals surface area contributed by atoms with Crippen LogP contribution in [0.5, 0.6) is 0 Å². The molecule has 1 heterocycles. The molecule has 3 rings (SSSR count). The molecule has 3 aromatic rings. The van der Waals surface area contributed by atoms with Gasteiger partial charge in [-0.05, 0) is 37.3 Å². The second kappa shape index (κ2) is 6.42. The highest BCUT2D eigenvalue weighted by Gasteiger charge is 2.14. The maximum atomic E-state index is 12.5. The van der Waals surface area contributed by atoms with Gasteiger partial charge < -0.3 is 5.32 Å². The van der Waals surface area contributed by atoms with E-state index in [4.69, 9.17) is 0 Å². The molecule has 118 valence electrons. The predicted octanol–water partition coefficient (Wildman–Crippen LogP) is 3.22. The lowest BCUT2D eigenvalue weighted by Gasteiger charge is -2.06. The Morgan fingerprint density at radius 2 is 1.78 bits per heavy atom. The average Bonchev–Trinajstić information content (AvgIpc) is 2.79. The number of hydrogen-bond donors (Lipinski definition) is 1. The predicted molar refractivity (Wildman–Crippen MR) is 94.6 cm³/mol. The Morgan fingerprint density at radius 3 is 2.43 bits per heavy atom. The zero-order chi connectivity index (χ0) is 16.4. The third-order valence-corrected chi connectivity index (χ3v) is 4.14. The second-order valence-corrected chi connectivity index (χ2v) is 6.08. The van der Waals surface area contributed by atoms with Crippen LogP contribution in [0.15, 0.2) is 57.8 Å². The van der Waals surface area contributed by atoms with E-state index in [-0.39, 0.29) is 18.1 Å². The molecule has 0 radical (unpaired) electrons. The van der Waals surface area contributed by atoms with Crippen molar-refractivity contribution in [3.63, 3.8) is 0 Å². The number of carbonyl (C=O) groups excluding carboxylic acids is 1. The summed E-state index contributed by atoms with van der Waals surface area (Å²) in [5.74, 6) is -0.232. The lowest BCUT2D eigenvalue weighted by atomic mass is 10.3. The summed E-state index contributed by atoms with van der Waals surface area (Å²) >= 11 is 3.37. The van der Waals surface area contributed by atoms with Gasteiger partial charge in [0.1, 0.15) is 6.54 Å². The fourth-order valence-corrected chi connectivity index (χ4v) is 3.04. The topological polar surface area (TPSA) is 56.0 Å². The van der Waals surface area contributed by atoms with E-state index in [9.17, 15) is 9.59 Å². The van der Waals surface area contributed by atoms with Crippen LogP contribution in [0.25, 0.3) is 11.0 Å². The summed E-state index contributed by atoms with van der Waals surface area (Å²) in [6, 6.07) is 14.9. The fourth-order valence-electron chi connectivity index (χ4n) is 2.64. The van der Waals surface area contributed by atoms with Crippen molar-refractivity contribution >= 4 is 38.6 Å². The van der Waals surface area contributed by atoms with Gasteiger partial charge in [-0.2, -0.15) is 0 Å². The van der Waals surface area contributed by atoms with E-state index in [1.807, 2.05) is 49.4 Å². The number of anilines is 1. The smallest absolute Gasteiger partial charge is 0.324 e. The summed E-state index contributed by atoms with van der Waals surface area (Å²) in [7, 11) is 0. The van der Waals surface area contributed by atoms with Crippen LogP contribution in [0.4, 0.5) is 5.69 Å². The van der Waals surface area contributed by atoms with Crippen molar-refractivity contribution in [1.82, 2.24) is 9.13 Å². The van der Waals surface area contributed by atoms with Crippen LogP contribution in [-0.4, -0.2) is 15.0 Å². The monoisotopic (exact) mass is 373 g/mol. The van der Waals surface area contributed by atoms with Gasteiger partial charge in [-0.15, -0.1) is 0 Å². The van der Waals surface area contributed by atoms with Gasteiger partial charge in [0, 0.05) is 16.7 Å². The molecular formula is C17H16BrN3O2. The number of benzene rings is 2. The fraction of sp³-hybridized carbons (Fsp3) is 0.176. The van der Waals surface area contributed by atoms with Gasteiger partial charge in [-0.3, -0.25) is 13.9 Å². The molecular weight excluding hydrogens is 358 g/mol. The summed E-state index contributed by atoms with van der Waals surface area (Å²) in [5.41, 5.74) is 2.13. The molecule has 23 heavy (non-hydrogen) atoms. The van der Waals surface area contributed by atoms with E-state index in [1.54, 1.807) is 10.6 Å². The molecule has 0 saturated carbocycles. The number of nitrogens with one attached hydrogen (secondary N) is 1. The second-order valence-electron chi connectivity index (χ2n) is 5.16. The molecule has 5 nitrogen and oxygen atoms in total. The summed E-state index contributed by atoms with van der Waals surface area (Å²) in [4.78, 5) is 24.8. The van der Waals surface area contributed by atoms with Crippen molar-refractivity contribution in [3.8, 4) is 0 Å². The Labute approximate surface area is 141 Å². The van der Waals surface area contributed by atoms with Crippen LogP contribution in [-0.2, 0) is 17.9 Å². The van der Waals surface area contributed by atoms with E-state index < -0.39 is 0 Å². The number of carbonyl (C=O) groups is 1. The molecule has 0 aliphatic rings. The van der Waals surface area contributed by atoms with Crippen LogP contribution in [0, 0.1) is 0 Å². The Hall–Kier alpha value is -2.34. The van der Waals surface area contributed by atoms with E-state index in [0.29, 0.717) is 12.2 Å². The number of imidazole rings is 1. The molecule has 1 N–H and O–H groups in total. The maximum absolute atomic E-state index is 12.5. The third kappa shape index (κ3) is 3.07. The number of para-hydroxylation sites is 2. The number of halogens is 1. The highest BCUT2D eigenvalue weighted by atomic mass is 79.9. The number of aromatic nitrogens is 2. The molecule has 0 bridgehead atoms. The minimum Gasteiger partial charge on any atom is -0.324 e. The molecule has 0 fully saturated rings. The standard InChI is InChI=1S/C17H16BrN3O2/c1-2-20-14-8-3-4-9-15(14)21(17(20)23)11-16(22)19-13-7-5-6-12(18)10-13/h3-10H,2,11H2,1H3,(H,19,22). The number of nitrogens with zero attached hydrogens (tertiary/aromatic N) is 2. The highest BCUT2D eigenvalue weighted by Crippen LogP contribution is 2.16. The summed E-state index contributed by atoms with van der Waals surface area (Å²) in [5, 5.41) is 2.81. The number of aryl methyl sites for hydroxylation is 1. The molecule has 1 amide bonds. The van der Waals surface area contributed by atoms with Crippen LogP contribution < -0.4 is 11.0 Å². The Morgan fingerprint density at radius 1 is 1.09 bits per heavy atom. The van der Waals surface area contributed by atoms with Gasteiger partial charge >= 0.3 is 5.69 Å². The van der Waals surface area contributed by atoms with Crippen molar-refractivity contribution in [2.24, 2.45) is 0 Å². The minimum absolute atomic E-state index is 0.0150. The molecule has 0 unspecified atom stereocenters. The molecule has 0 saturated heterocycles. The Bertz CT molecular complexity index is 927. The van der Waals surface area contributed by atoms with Crippen molar-refractivity contribution in [2.45, 2.75) is 20.0 Å². The van der Waals surface area contributed by atoms with Gasteiger partial charge in [0.25, 0.3) is 0 Å². The normalized spacial score (nSPS) is 10.9. The summed E-state index contributed by atoms with van der Waals surface area (Å²) in [6.07, 6.45) is 0. The summed E-state index contributed by atoms with van der Waals surface area (Å²) in [6.45, 7) is 2.47. The molecule has 6 heteroatoms. The first-order chi connectivity index (χ1) is 11.1. The van der Waals surface area contributed by atoms with Gasteiger partial charge in [0.2, 0.25) is 5.91 Å². The van der Waals surface area contributed by atoms with Crippen molar-refractivity contribution < 1.29 is 4.79 Å². The van der Waals surface area contributed by atoms with E-state index in [2.05, 4.69) is 21.2 Å². The summed E-state index contributed by atoms with van der Waals surface area (Å²) < 4.78 is 4.06. The number of hydrogen-bond acceptors (Lipinski definition) is 2. The number of rotatable bonds is 4. The Balaban J connectivity index is 1.91. The van der Waals surface area contributed by atoms with Crippen LogP contribution in [0.1, 0.15) is 6.92 Å². The zero-order valence-corrected chi connectivity index (χ0v) is 14.2. The Kier molecular flexibility index (Phi) is 4.34. The van der Waals surface area contributed by atoms with Gasteiger partial charge in [-0.25, -0.2) is 4.79 Å². The lowest BCUT2D eigenvalue weighted by molar-refractivity contribution is -0.116. The average molecular weight is 374 g/mol. The van der Waals surface area contributed by atoms with Crippen molar-refractivity contribution in [2.75, 3.05) is 5.32 Å². The largest absolute Gasteiger partial charge is 0.329 e. The molecule has 0 atom stereocenters. The minimum atomic E-state index is -0.232. The zero-order valence-electron chi connectivity index (χ0n) is 12.6. The van der Waals surface area contributed by atoms with Gasteiger partial charge in [0.15, 0.2) is 0 Å². The van der Waals surface area contributed by atoms with Crippen LogP contribution in [0.3, 0.4) is 0 Å². The van der Waals surface area contributed by atoms with E-state index in [1.165, 1.54) is 4.57 Å². The first-order valence-corrected chi connectivity index (χ1v) is 8.13. The molecule has 0 aliphatic heterocycles. The molecule has 0 spiro atoms. The highest BCUT2D eigenvalue weighted by molar-refractivity contribution is 9.10. The maximum Gasteiger partial charge on any atom is 0.329 e. The SMILES string of the molecule is CCn1c(=O)n(CC(=O)Nc2cccc(Br)c2)c2ccccc21. The molecule has 1 aromatic heterocycles. The number of amides is 1. The first-order valence-electron chi connectivity index (χ1n) is 7.33. The lowest BCUT2D eigenvalue weighted by Crippen LogP contribution is -2.29. The third-order valence-electron chi connectivity index (χ3n) is 3.65. The number of fused-ring (bicyclic) bond motifs is 1. The molecule has 2 aromatic carbocycles. The van der Waals surface area contributed by atoms with E-state index in [0.717, 1.165) is 15.5 Å². The van der Waals surface area contributed by atoms with Crippen LogP contribution in [0.2, 0.25) is 0 Å². The first kappa shape index (κ1) is 15.6.